The van der Waals surface area contributed by atoms with Gasteiger partial charge in [-0.1, -0.05) is 16.8 Å². The molecule has 0 aliphatic heterocycles. The van der Waals surface area contributed by atoms with Crippen LogP contribution in [0.1, 0.15) is 24.5 Å². The Morgan fingerprint density at radius 3 is 2.93 bits per heavy atom. The molecule has 0 saturated heterocycles. The number of hydrogen-bond donors (Lipinski definition) is 0. The monoisotopic (exact) mass is 223 g/mol. The van der Waals surface area contributed by atoms with Gasteiger partial charge in [0, 0.05) is 12.0 Å². The SMILES string of the molecule is COc1cc(Cl)c2c(C3CC3)noc2c1. The minimum atomic E-state index is 0.539. The maximum Gasteiger partial charge on any atom is 0.172 e. The van der Waals surface area contributed by atoms with Crippen LogP contribution < -0.4 is 4.74 Å². The first-order valence-electron chi connectivity index (χ1n) is 4.92. The molecule has 1 aromatic heterocycles. The highest BCUT2D eigenvalue weighted by atomic mass is 35.5. The van der Waals surface area contributed by atoms with Crippen LogP contribution in [0.4, 0.5) is 0 Å². The Morgan fingerprint density at radius 2 is 2.27 bits per heavy atom. The van der Waals surface area contributed by atoms with E-state index in [2.05, 4.69) is 5.16 Å². The number of rotatable bonds is 2. The van der Waals surface area contributed by atoms with Crippen molar-refractivity contribution >= 4 is 22.6 Å². The summed E-state index contributed by atoms with van der Waals surface area (Å²) < 4.78 is 10.4. The van der Waals surface area contributed by atoms with Crippen molar-refractivity contribution in [3.63, 3.8) is 0 Å². The zero-order valence-corrected chi connectivity index (χ0v) is 9.04. The lowest BCUT2D eigenvalue weighted by atomic mass is 10.1. The number of methoxy groups -OCH3 is 1. The normalized spacial score (nSPS) is 15.9. The topological polar surface area (TPSA) is 35.3 Å². The van der Waals surface area contributed by atoms with Crippen LogP contribution in [0.5, 0.6) is 5.75 Å². The van der Waals surface area contributed by atoms with Gasteiger partial charge >= 0.3 is 0 Å². The van der Waals surface area contributed by atoms with E-state index in [1.54, 1.807) is 13.2 Å². The van der Waals surface area contributed by atoms with Crippen LogP contribution in [0, 0.1) is 0 Å². The van der Waals surface area contributed by atoms with Crippen molar-refractivity contribution in [1.82, 2.24) is 5.16 Å². The Balaban J connectivity index is 2.25. The van der Waals surface area contributed by atoms with Crippen molar-refractivity contribution in [2.75, 3.05) is 7.11 Å². The summed E-state index contributed by atoms with van der Waals surface area (Å²) in [7, 11) is 1.61. The zero-order chi connectivity index (χ0) is 10.4. The largest absolute Gasteiger partial charge is 0.497 e. The predicted octanol–water partition coefficient (Wildman–Crippen LogP) is 3.37. The fraction of sp³-hybridized carbons (Fsp3) is 0.364. The number of benzene rings is 1. The van der Waals surface area contributed by atoms with E-state index in [4.69, 9.17) is 20.9 Å². The number of fused-ring (bicyclic) bond motifs is 1. The van der Waals surface area contributed by atoms with Gasteiger partial charge in [-0.15, -0.1) is 0 Å². The van der Waals surface area contributed by atoms with E-state index in [1.807, 2.05) is 6.07 Å². The second-order valence-corrected chi connectivity index (χ2v) is 4.23. The molecule has 3 rings (SSSR count). The highest BCUT2D eigenvalue weighted by Gasteiger charge is 2.30. The molecular weight excluding hydrogens is 214 g/mol. The lowest BCUT2D eigenvalue weighted by molar-refractivity contribution is 0.411. The van der Waals surface area contributed by atoms with Crippen molar-refractivity contribution in [3.05, 3.63) is 22.8 Å². The molecule has 3 nitrogen and oxygen atoms in total. The van der Waals surface area contributed by atoms with Gasteiger partial charge in [0.2, 0.25) is 0 Å². The molecule has 1 aliphatic carbocycles. The quantitative estimate of drug-likeness (QED) is 0.783. The van der Waals surface area contributed by atoms with E-state index < -0.39 is 0 Å². The molecule has 78 valence electrons. The maximum atomic E-state index is 6.18. The zero-order valence-electron chi connectivity index (χ0n) is 8.29. The van der Waals surface area contributed by atoms with Gasteiger partial charge in [-0.25, -0.2) is 0 Å². The third kappa shape index (κ3) is 1.38. The fourth-order valence-corrected chi connectivity index (χ4v) is 2.07. The van der Waals surface area contributed by atoms with Gasteiger partial charge in [0.25, 0.3) is 0 Å². The Hall–Kier alpha value is -1.22. The van der Waals surface area contributed by atoms with Gasteiger partial charge in [0.1, 0.15) is 5.75 Å². The second-order valence-electron chi connectivity index (χ2n) is 3.82. The second kappa shape index (κ2) is 3.14. The molecule has 15 heavy (non-hydrogen) atoms. The first kappa shape index (κ1) is 9.04. The van der Waals surface area contributed by atoms with E-state index in [0.29, 0.717) is 22.3 Å². The number of aromatic nitrogens is 1. The number of hydrogen-bond acceptors (Lipinski definition) is 3. The molecule has 1 fully saturated rings. The van der Waals surface area contributed by atoms with E-state index in [0.717, 1.165) is 11.1 Å². The molecule has 0 spiro atoms. The van der Waals surface area contributed by atoms with Gasteiger partial charge in [0.05, 0.1) is 23.2 Å². The third-order valence-corrected chi connectivity index (χ3v) is 3.02. The third-order valence-electron chi connectivity index (χ3n) is 2.73. The van der Waals surface area contributed by atoms with Crippen LogP contribution >= 0.6 is 11.6 Å². The molecule has 0 unspecified atom stereocenters. The highest BCUT2D eigenvalue weighted by Crippen LogP contribution is 2.44. The van der Waals surface area contributed by atoms with E-state index >= 15 is 0 Å². The molecule has 1 heterocycles. The van der Waals surface area contributed by atoms with Gasteiger partial charge < -0.3 is 9.26 Å². The molecule has 0 radical (unpaired) electrons. The molecule has 4 heteroatoms. The van der Waals surface area contributed by atoms with Crippen LogP contribution in [-0.2, 0) is 0 Å². The number of nitrogens with zero attached hydrogens (tertiary/aromatic N) is 1. The average molecular weight is 224 g/mol. The summed E-state index contributed by atoms with van der Waals surface area (Å²) in [5.41, 5.74) is 1.71. The van der Waals surface area contributed by atoms with Crippen molar-refractivity contribution in [2.24, 2.45) is 0 Å². The molecule has 0 atom stereocenters. The Kier molecular flexibility index (Phi) is 1.89. The lowest BCUT2D eigenvalue weighted by Gasteiger charge is -2.00. The number of ether oxygens (including phenoxy) is 1. The van der Waals surface area contributed by atoms with Crippen LogP contribution in [0.2, 0.25) is 5.02 Å². The predicted molar refractivity (Wildman–Crippen MR) is 57.5 cm³/mol. The van der Waals surface area contributed by atoms with Gasteiger partial charge in [0.15, 0.2) is 5.58 Å². The van der Waals surface area contributed by atoms with Crippen LogP contribution in [0.3, 0.4) is 0 Å². The summed E-state index contributed by atoms with van der Waals surface area (Å²) in [6.45, 7) is 0. The Bertz CT molecular complexity index is 517. The molecule has 2 aromatic rings. The first-order valence-corrected chi connectivity index (χ1v) is 5.30. The summed E-state index contributed by atoms with van der Waals surface area (Å²) in [6.07, 6.45) is 2.37. The molecule has 1 aromatic carbocycles. The average Bonchev–Trinajstić information content (AvgIpc) is 2.99. The van der Waals surface area contributed by atoms with E-state index in [1.165, 1.54) is 12.8 Å². The Morgan fingerprint density at radius 1 is 1.47 bits per heavy atom. The standard InChI is InChI=1S/C11H10ClNO2/c1-14-7-4-8(12)10-9(5-7)15-13-11(10)6-2-3-6/h4-6H,2-3H2,1H3. The summed E-state index contributed by atoms with van der Waals surface area (Å²) in [5, 5.41) is 5.68. The summed E-state index contributed by atoms with van der Waals surface area (Å²) in [5.74, 6) is 1.24. The lowest BCUT2D eigenvalue weighted by Crippen LogP contribution is -1.84. The van der Waals surface area contributed by atoms with Gasteiger partial charge in [-0.05, 0) is 18.9 Å². The minimum absolute atomic E-state index is 0.539. The van der Waals surface area contributed by atoms with E-state index in [-0.39, 0.29) is 0 Å². The highest BCUT2D eigenvalue weighted by molar-refractivity contribution is 6.35. The minimum Gasteiger partial charge on any atom is -0.497 e. The Labute approximate surface area is 91.9 Å². The number of halogens is 1. The van der Waals surface area contributed by atoms with Crippen LogP contribution in [0.15, 0.2) is 16.7 Å². The van der Waals surface area contributed by atoms with E-state index in [9.17, 15) is 0 Å². The van der Waals surface area contributed by atoms with Crippen LogP contribution in [0.25, 0.3) is 11.0 Å². The summed E-state index contributed by atoms with van der Waals surface area (Å²) in [4.78, 5) is 0. The molecular formula is C11H10ClNO2. The smallest absolute Gasteiger partial charge is 0.172 e. The van der Waals surface area contributed by atoms with Crippen molar-refractivity contribution in [1.29, 1.82) is 0 Å². The van der Waals surface area contributed by atoms with Crippen molar-refractivity contribution < 1.29 is 9.26 Å². The summed E-state index contributed by atoms with van der Waals surface area (Å²) >= 11 is 6.18. The van der Waals surface area contributed by atoms with Gasteiger partial charge in [-0.2, -0.15) is 0 Å². The van der Waals surface area contributed by atoms with Crippen LogP contribution in [-0.4, -0.2) is 12.3 Å². The fourth-order valence-electron chi connectivity index (χ4n) is 1.78. The van der Waals surface area contributed by atoms with Crippen molar-refractivity contribution in [2.45, 2.75) is 18.8 Å². The summed E-state index contributed by atoms with van der Waals surface area (Å²) in [6, 6.07) is 3.62. The van der Waals surface area contributed by atoms with Gasteiger partial charge in [-0.3, -0.25) is 0 Å². The molecule has 1 saturated carbocycles. The van der Waals surface area contributed by atoms with Crippen molar-refractivity contribution in [3.8, 4) is 5.75 Å². The first-order chi connectivity index (χ1) is 7.29. The molecule has 0 amide bonds. The molecule has 0 N–H and O–H groups in total. The molecule has 1 aliphatic rings. The molecule has 0 bridgehead atoms. The maximum absolute atomic E-state index is 6.18.